The van der Waals surface area contributed by atoms with E-state index in [0.29, 0.717) is 17.6 Å². The molecule has 0 saturated heterocycles. The fourth-order valence-corrected chi connectivity index (χ4v) is 2.01. The molecular formula is C14H12BrNO4. The van der Waals surface area contributed by atoms with Crippen molar-refractivity contribution in [1.29, 1.82) is 0 Å². The molecule has 0 bridgehead atoms. The van der Waals surface area contributed by atoms with Gasteiger partial charge >= 0.3 is 5.97 Å². The molecule has 0 atom stereocenters. The molecule has 0 aliphatic heterocycles. The quantitative estimate of drug-likeness (QED) is 0.879. The molecule has 2 N–H and O–H groups in total. The Morgan fingerprint density at radius 1 is 1.25 bits per heavy atom. The number of nitrogens with one attached hydrogen (secondary N) is 1. The minimum atomic E-state index is -0.962. The lowest BCUT2D eigenvalue weighted by atomic mass is 10.1. The first-order chi connectivity index (χ1) is 9.56. The molecule has 1 heterocycles. The van der Waals surface area contributed by atoms with Gasteiger partial charge < -0.3 is 14.8 Å². The molecule has 20 heavy (non-hydrogen) atoms. The summed E-state index contributed by atoms with van der Waals surface area (Å²) in [5.41, 5.74) is 1.09. The monoisotopic (exact) mass is 337 g/mol. The lowest BCUT2D eigenvalue weighted by molar-refractivity contribution is 0.0696. The van der Waals surface area contributed by atoms with E-state index in [1.54, 1.807) is 24.3 Å². The van der Waals surface area contributed by atoms with Gasteiger partial charge in [-0.2, -0.15) is 0 Å². The third-order valence-corrected chi connectivity index (χ3v) is 3.10. The van der Waals surface area contributed by atoms with Gasteiger partial charge in [0.05, 0.1) is 5.56 Å². The Morgan fingerprint density at radius 3 is 2.70 bits per heavy atom. The van der Waals surface area contributed by atoms with E-state index < -0.39 is 5.97 Å². The third kappa shape index (κ3) is 3.71. The minimum Gasteiger partial charge on any atom is -0.478 e. The Morgan fingerprint density at radius 2 is 2.05 bits per heavy atom. The van der Waals surface area contributed by atoms with E-state index in [4.69, 9.17) is 9.52 Å². The second-order valence-electron chi connectivity index (χ2n) is 4.12. The molecule has 1 aromatic heterocycles. The number of halogens is 1. The fraction of sp³-hybridized carbons (Fsp3) is 0.143. The molecule has 0 radical (unpaired) electrons. The smallest absolute Gasteiger partial charge is 0.335 e. The Balaban J connectivity index is 1.88. The summed E-state index contributed by atoms with van der Waals surface area (Å²) in [5, 5.41) is 11.6. The van der Waals surface area contributed by atoms with Crippen molar-refractivity contribution in [3.05, 3.63) is 58.0 Å². The van der Waals surface area contributed by atoms with E-state index in [0.717, 1.165) is 5.56 Å². The zero-order valence-corrected chi connectivity index (χ0v) is 12.0. The van der Waals surface area contributed by atoms with Crippen LogP contribution in [0.3, 0.4) is 0 Å². The average molecular weight is 338 g/mol. The predicted molar refractivity (Wildman–Crippen MR) is 75.8 cm³/mol. The number of aromatic carboxylic acids is 1. The summed E-state index contributed by atoms with van der Waals surface area (Å²) < 4.78 is 5.62. The van der Waals surface area contributed by atoms with Crippen LogP contribution in [-0.4, -0.2) is 23.5 Å². The van der Waals surface area contributed by atoms with Crippen molar-refractivity contribution in [2.24, 2.45) is 0 Å². The van der Waals surface area contributed by atoms with Crippen LogP contribution in [0.4, 0.5) is 0 Å². The molecule has 2 rings (SSSR count). The molecule has 6 heteroatoms. The number of hydrogen-bond donors (Lipinski definition) is 2. The number of furan rings is 1. The van der Waals surface area contributed by atoms with Crippen molar-refractivity contribution in [2.75, 3.05) is 6.54 Å². The maximum absolute atomic E-state index is 11.7. The summed E-state index contributed by atoms with van der Waals surface area (Å²) in [6, 6.07) is 9.85. The molecule has 1 aromatic carbocycles. The summed E-state index contributed by atoms with van der Waals surface area (Å²) in [6.45, 7) is 0.403. The van der Waals surface area contributed by atoms with Crippen LogP contribution in [0.1, 0.15) is 26.5 Å². The van der Waals surface area contributed by atoms with Crippen LogP contribution in [0.2, 0.25) is 0 Å². The maximum atomic E-state index is 11.7. The summed E-state index contributed by atoms with van der Waals surface area (Å²) >= 11 is 3.12. The van der Waals surface area contributed by atoms with Gasteiger partial charge in [-0.05, 0) is 52.2 Å². The van der Waals surface area contributed by atoms with Crippen LogP contribution in [0, 0.1) is 0 Å². The van der Waals surface area contributed by atoms with E-state index >= 15 is 0 Å². The van der Waals surface area contributed by atoms with E-state index in [9.17, 15) is 9.59 Å². The Labute approximate surface area is 123 Å². The van der Waals surface area contributed by atoms with Gasteiger partial charge in [-0.15, -0.1) is 0 Å². The largest absolute Gasteiger partial charge is 0.478 e. The minimum absolute atomic E-state index is 0.233. The molecule has 5 nitrogen and oxygen atoms in total. The number of benzene rings is 1. The van der Waals surface area contributed by atoms with Crippen molar-refractivity contribution < 1.29 is 19.1 Å². The second-order valence-corrected chi connectivity index (χ2v) is 4.90. The first kappa shape index (κ1) is 14.3. The highest BCUT2D eigenvalue weighted by Crippen LogP contribution is 2.13. The van der Waals surface area contributed by atoms with E-state index in [-0.39, 0.29) is 17.2 Å². The first-order valence-electron chi connectivity index (χ1n) is 5.92. The number of carbonyl (C=O) groups excluding carboxylic acids is 1. The number of carboxylic acids is 1. The highest BCUT2D eigenvalue weighted by Gasteiger charge is 2.09. The summed E-state index contributed by atoms with van der Waals surface area (Å²) in [7, 11) is 0. The highest BCUT2D eigenvalue weighted by molar-refractivity contribution is 9.10. The summed E-state index contributed by atoms with van der Waals surface area (Å²) in [5.74, 6) is -1.03. The van der Waals surface area contributed by atoms with Crippen molar-refractivity contribution in [2.45, 2.75) is 6.42 Å². The Bertz CT molecular complexity index is 636. The topological polar surface area (TPSA) is 79.5 Å². The van der Waals surface area contributed by atoms with Crippen LogP contribution in [0.5, 0.6) is 0 Å². The van der Waals surface area contributed by atoms with Crippen LogP contribution in [0.15, 0.2) is 45.5 Å². The Kier molecular flexibility index (Phi) is 4.57. The van der Waals surface area contributed by atoms with Crippen molar-refractivity contribution >= 4 is 27.8 Å². The highest BCUT2D eigenvalue weighted by atomic mass is 79.9. The normalized spacial score (nSPS) is 10.2. The van der Waals surface area contributed by atoms with Gasteiger partial charge in [-0.1, -0.05) is 12.1 Å². The van der Waals surface area contributed by atoms with Gasteiger partial charge in [0, 0.05) is 6.54 Å². The van der Waals surface area contributed by atoms with Crippen LogP contribution in [0.25, 0.3) is 0 Å². The molecule has 0 fully saturated rings. The zero-order valence-electron chi connectivity index (χ0n) is 10.4. The molecule has 0 aliphatic carbocycles. The molecule has 104 valence electrons. The fourth-order valence-electron chi connectivity index (χ4n) is 1.70. The molecule has 2 aromatic rings. The number of hydrogen-bond acceptors (Lipinski definition) is 3. The maximum Gasteiger partial charge on any atom is 0.335 e. The van der Waals surface area contributed by atoms with Crippen LogP contribution >= 0.6 is 15.9 Å². The lowest BCUT2D eigenvalue weighted by Crippen LogP contribution is -2.25. The van der Waals surface area contributed by atoms with Gasteiger partial charge in [0.1, 0.15) is 0 Å². The van der Waals surface area contributed by atoms with Crippen molar-refractivity contribution in [3.8, 4) is 0 Å². The van der Waals surface area contributed by atoms with Crippen LogP contribution in [-0.2, 0) is 6.42 Å². The first-order valence-corrected chi connectivity index (χ1v) is 6.71. The number of carbonyl (C=O) groups is 2. The number of carboxylic acid groups (broad SMARTS) is 1. The van der Waals surface area contributed by atoms with Gasteiger partial charge in [0.25, 0.3) is 5.91 Å². The second kappa shape index (κ2) is 6.38. The molecule has 0 saturated carbocycles. The molecule has 0 unspecified atom stereocenters. The van der Waals surface area contributed by atoms with Crippen molar-refractivity contribution in [3.63, 3.8) is 0 Å². The predicted octanol–water partition coefficient (Wildman–Crippen LogP) is 2.71. The van der Waals surface area contributed by atoms with Crippen LogP contribution < -0.4 is 5.32 Å². The summed E-state index contributed by atoms with van der Waals surface area (Å²) in [6.07, 6.45) is 0.550. The van der Waals surface area contributed by atoms with Gasteiger partial charge in [0.2, 0.25) is 0 Å². The van der Waals surface area contributed by atoms with Crippen molar-refractivity contribution in [1.82, 2.24) is 5.32 Å². The third-order valence-electron chi connectivity index (χ3n) is 2.67. The van der Waals surface area contributed by atoms with Gasteiger partial charge in [-0.25, -0.2) is 4.79 Å². The molecular weight excluding hydrogens is 326 g/mol. The lowest BCUT2D eigenvalue weighted by Gasteiger charge is -2.04. The summed E-state index contributed by atoms with van der Waals surface area (Å²) in [4.78, 5) is 22.5. The van der Waals surface area contributed by atoms with E-state index in [1.165, 1.54) is 6.07 Å². The van der Waals surface area contributed by atoms with Gasteiger partial charge in [0.15, 0.2) is 10.4 Å². The van der Waals surface area contributed by atoms with E-state index in [1.807, 2.05) is 6.07 Å². The SMILES string of the molecule is O=C(O)c1cccc(CCNC(=O)c2ccc(Br)o2)c1. The molecule has 1 amide bonds. The number of amides is 1. The van der Waals surface area contributed by atoms with Gasteiger partial charge in [-0.3, -0.25) is 4.79 Å². The number of rotatable bonds is 5. The molecule has 0 aliphatic rings. The average Bonchev–Trinajstić information content (AvgIpc) is 2.86. The zero-order chi connectivity index (χ0) is 14.5. The standard InChI is InChI=1S/C14H12BrNO4/c15-12-5-4-11(20-12)13(17)16-7-6-9-2-1-3-10(8-9)14(18)19/h1-5,8H,6-7H2,(H,16,17)(H,18,19). The Hall–Kier alpha value is -2.08. The molecule has 0 spiro atoms. The van der Waals surface area contributed by atoms with E-state index in [2.05, 4.69) is 21.2 Å².